The highest BCUT2D eigenvalue weighted by atomic mass is 16.3. The predicted octanol–water partition coefficient (Wildman–Crippen LogP) is 1.79. The SMILES string of the molecule is CCNC(=NCC(O)c1ccncc1)NCCN(C(C)C)C(C)C. The number of aromatic nitrogens is 1. The number of pyridine rings is 1. The van der Waals surface area contributed by atoms with Crippen molar-refractivity contribution in [3.05, 3.63) is 30.1 Å². The van der Waals surface area contributed by atoms with Gasteiger partial charge in [0.1, 0.15) is 0 Å². The fourth-order valence-electron chi connectivity index (χ4n) is 2.63. The summed E-state index contributed by atoms with van der Waals surface area (Å²) in [6.45, 7) is 13.8. The zero-order valence-corrected chi connectivity index (χ0v) is 15.7. The first-order valence-corrected chi connectivity index (χ1v) is 8.81. The number of guanidine groups is 1. The van der Waals surface area contributed by atoms with Crippen LogP contribution < -0.4 is 10.6 Å². The van der Waals surface area contributed by atoms with E-state index in [-0.39, 0.29) is 0 Å². The first-order valence-electron chi connectivity index (χ1n) is 8.81. The maximum atomic E-state index is 10.2. The van der Waals surface area contributed by atoms with Gasteiger partial charge >= 0.3 is 0 Å². The van der Waals surface area contributed by atoms with Gasteiger partial charge in [0, 0.05) is 44.1 Å². The zero-order valence-electron chi connectivity index (χ0n) is 15.7. The summed E-state index contributed by atoms with van der Waals surface area (Å²) in [5, 5.41) is 16.8. The minimum Gasteiger partial charge on any atom is -0.386 e. The average molecular weight is 335 g/mol. The molecule has 0 amide bonds. The van der Waals surface area contributed by atoms with E-state index in [0.717, 1.165) is 31.2 Å². The Hall–Kier alpha value is -1.66. The van der Waals surface area contributed by atoms with Crippen LogP contribution in [0.1, 0.15) is 46.3 Å². The summed E-state index contributed by atoms with van der Waals surface area (Å²) in [7, 11) is 0. The normalized spacial score (nSPS) is 13.6. The average Bonchev–Trinajstić information content (AvgIpc) is 2.56. The Morgan fingerprint density at radius 2 is 1.79 bits per heavy atom. The maximum absolute atomic E-state index is 10.2. The van der Waals surface area contributed by atoms with Crippen LogP contribution in [-0.2, 0) is 0 Å². The molecular formula is C18H33N5O. The molecular weight excluding hydrogens is 302 g/mol. The van der Waals surface area contributed by atoms with Crippen molar-refractivity contribution in [3.63, 3.8) is 0 Å². The van der Waals surface area contributed by atoms with Gasteiger partial charge in [-0.05, 0) is 52.3 Å². The van der Waals surface area contributed by atoms with E-state index >= 15 is 0 Å². The molecule has 0 aliphatic rings. The summed E-state index contributed by atoms with van der Waals surface area (Å²) in [6, 6.07) is 4.65. The van der Waals surface area contributed by atoms with Crippen LogP contribution in [0, 0.1) is 0 Å². The van der Waals surface area contributed by atoms with Crippen molar-refractivity contribution in [1.29, 1.82) is 0 Å². The molecule has 6 nitrogen and oxygen atoms in total. The van der Waals surface area contributed by atoms with Gasteiger partial charge in [-0.2, -0.15) is 0 Å². The highest BCUT2D eigenvalue weighted by molar-refractivity contribution is 5.79. The van der Waals surface area contributed by atoms with Gasteiger partial charge in [0.05, 0.1) is 12.6 Å². The summed E-state index contributed by atoms with van der Waals surface area (Å²) < 4.78 is 0. The third-order valence-electron chi connectivity index (χ3n) is 3.85. The van der Waals surface area contributed by atoms with Crippen molar-refractivity contribution >= 4 is 5.96 Å². The van der Waals surface area contributed by atoms with Crippen LogP contribution in [0.25, 0.3) is 0 Å². The number of nitrogens with one attached hydrogen (secondary N) is 2. The van der Waals surface area contributed by atoms with Gasteiger partial charge < -0.3 is 15.7 Å². The Kier molecular flexibility index (Phi) is 9.34. The molecule has 0 spiro atoms. The lowest BCUT2D eigenvalue weighted by molar-refractivity contribution is 0.178. The van der Waals surface area contributed by atoms with Crippen molar-refractivity contribution in [2.24, 2.45) is 4.99 Å². The number of aliphatic hydroxyl groups is 1. The molecule has 1 unspecified atom stereocenters. The third-order valence-corrected chi connectivity index (χ3v) is 3.85. The van der Waals surface area contributed by atoms with Crippen LogP contribution in [0.4, 0.5) is 0 Å². The molecule has 0 aliphatic carbocycles. The lowest BCUT2D eigenvalue weighted by Crippen LogP contribution is -2.45. The summed E-state index contributed by atoms with van der Waals surface area (Å²) in [6.07, 6.45) is 2.74. The Labute approximate surface area is 146 Å². The van der Waals surface area contributed by atoms with E-state index in [4.69, 9.17) is 0 Å². The number of hydrogen-bond donors (Lipinski definition) is 3. The van der Waals surface area contributed by atoms with Crippen molar-refractivity contribution in [2.75, 3.05) is 26.2 Å². The second kappa shape index (κ2) is 11.0. The molecule has 24 heavy (non-hydrogen) atoms. The molecule has 0 saturated carbocycles. The van der Waals surface area contributed by atoms with Gasteiger partial charge in [0.15, 0.2) is 5.96 Å². The van der Waals surface area contributed by atoms with E-state index in [1.807, 2.05) is 19.1 Å². The zero-order chi connectivity index (χ0) is 17.9. The molecule has 1 aromatic heterocycles. The maximum Gasteiger partial charge on any atom is 0.191 e. The molecule has 136 valence electrons. The minimum atomic E-state index is -0.619. The van der Waals surface area contributed by atoms with E-state index < -0.39 is 6.10 Å². The number of hydrogen-bond acceptors (Lipinski definition) is 4. The van der Waals surface area contributed by atoms with Crippen molar-refractivity contribution < 1.29 is 5.11 Å². The van der Waals surface area contributed by atoms with E-state index in [9.17, 15) is 5.11 Å². The number of aliphatic hydroxyl groups excluding tert-OH is 1. The largest absolute Gasteiger partial charge is 0.386 e. The number of nitrogens with zero attached hydrogens (tertiary/aromatic N) is 3. The molecule has 0 radical (unpaired) electrons. The van der Waals surface area contributed by atoms with E-state index in [1.165, 1.54) is 0 Å². The third kappa shape index (κ3) is 7.27. The van der Waals surface area contributed by atoms with Crippen molar-refractivity contribution in [1.82, 2.24) is 20.5 Å². The van der Waals surface area contributed by atoms with E-state index in [1.54, 1.807) is 12.4 Å². The molecule has 0 aromatic carbocycles. The van der Waals surface area contributed by atoms with Gasteiger partial charge in [0.25, 0.3) is 0 Å². The quantitative estimate of drug-likeness (QED) is 0.474. The first kappa shape index (κ1) is 20.4. The topological polar surface area (TPSA) is 72.8 Å². The van der Waals surface area contributed by atoms with Crippen LogP contribution >= 0.6 is 0 Å². The standard InChI is InChI=1S/C18H33N5O/c1-6-20-18(21-11-12-23(14(2)3)15(4)5)22-13-17(24)16-7-9-19-10-8-16/h7-10,14-15,17,24H,6,11-13H2,1-5H3,(H2,20,21,22). The second-order valence-corrected chi connectivity index (χ2v) is 6.37. The van der Waals surface area contributed by atoms with Gasteiger partial charge in [-0.15, -0.1) is 0 Å². The molecule has 6 heteroatoms. The summed E-state index contributed by atoms with van der Waals surface area (Å²) in [5.41, 5.74) is 0.829. The van der Waals surface area contributed by atoms with Crippen LogP contribution in [0.15, 0.2) is 29.5 Å². The first-order chi connectivity index (χ1) is 11.5. The Morgan fingerprint density at radius 1 is 1.17 bits per heavy atom. The molecule has 3 N–H and O–H groups in total. The number of rotatable bonds is 9. The summed E-state index contributed by atoms with van der Waals surface area (Å²) in [5.74, 6) is 0.734. The highest BCUT2D eigenvalue weighted by Crippen LogP contribution is 2.10. The Bertz CT molecular complexity index is 468. The van der Waals surface area contributed by atoms with Crippen LogP contribution in [-0.4, -0.2) is 59.2 Å². The van der Waals surface area contributed by atoms with Crippen LogP contribution in [0.3, 0.4) is 0 Å². The molecule has 0 aliphatic heterocycles. The molecule has 1 atom stereocenters. The molecule has 1 rings (SSSR count). The minimum absolute atomic E-state index is 0.317. The fraction of sp³-hybridized carbons (Fsp3) is 0.667. The fourth-order valence-corrected chi connectivity index (χ4v) is 2.63. The van der Waals surface area contributed by atoms with Crippen molar-refractivity contribution in [2.45, 2.75) is 52.8 Å². The lowest BCUT2D eigenvalue weighted by Gasteiger charge is -2.30. The molecule has 1 aromatic rings. The van der Waals surface area contributed by atoms with Crippen molar-refractivity contribution in [3.8, 4) is 0 Å². The predicted molar refractivity (Wildman–Crippen MR) is 100 cm³/mol. The highest BCUT2D eigenvalue weighted by Gasteiger charge is 2.13. The summed E-state index contributed by atoms with van der Waals surface area (Å²) in [4.78, 5) is 10.9. The second-order valence-electron chi connectivity index (χ2n) is 6.37. The summed E-state index contributed by atoms with van der Waals surface area (Å²) >= 11 is 0. The van der Waals surface area contributed by atoms with Crippen LogP contribution in [0.2, 0.25) is 0 Å². The van der Waals surface area contributed by atoms with Gasteiger partial charge in [-0.3, -0.25) is 14.9 Å². The molecule has 1 heterocycles. The molecule has 0 fully saturated rings. The lowest BCUT2D eigenvalue weighted by atomic mass is 10.1. The van der Waals surface area contributed by atoms with Gasteiger partial charge in [0.2, 0.25) is 0 Å². The Balaban J connectivity index is 2.53. The Morgan fingerprint density at radius 3 is 2.33 bits per heavy atom. The smallest absolute Gasteiger partial charge is 0.191 e. The van der Waals surface area contributed by atoms with Crippen LogP contribution in [0.5, 0.6) is 0 Å². The monoisotopic (exact) mass is 335 g/mol. The van der Waals surface area contributed by atoms with Gasteiger partial charge in [-0.1, -0.05) is 0 Å². The molecule has 0 bridgehead atoms. The van der Waals surface area contributed by atoms with Gasteiger partial charge in [-0.25, -0.2) is 0 Å². The van der Waals surface area contributed by atoms with E-state index in [0.29, 0.717) is 18.6 Å². The number of aliphatic imine (C=N–C) groups is 1. The molecule has 0 saturated heterocycles. The van der Waals surface area contributed by atoms with E-state index in [2.05, 4.69) is 53.2 Å².